The maximum Gasteiger partial charge on any atom is 0.224 e. The fraction of sp³-hybridized carbons (Fsp3) is 0.923. The van der Waals surface area contributed by atoms with Crippen molar-refractivity contribution in [3.63, 3.8) is 0 Å². The van der Waals surface area contributed by atoms with Crippen molar-refractivity contribution in [2.24, 2.45) is 16.7 Å². The van der Waals surface area contributed by atoms with E-state index in [9.17, 15) is 4.79 Å². The monoisotopic (exact) mass is 289 g/mol. The minimum Gasteiger partial charge on any atom is -0.350 e. The average molecular weight is 290 g/mol. The third kappa shape index (κ3) is 2.03. The van der Waals surface area contributed by atoms with E-state index in [-0.39, 0.29) is 33.0 Å². The van der Waals surface area contributed by atoms with E-state index in [0.717, 1.165) is 0 Å². The zero-order valence-electron chi connectivity index (χ0n) is 11.4. The predicted octanol–water partition coefficient (Wildman–Crippen LogP) is 3.35. The number of carbonyl (C=O) groups excluding carboxylic acids is 1. The molecule has 0 aliphatic heterocycles. The predicted molar refractivity (Wildman–Crippen MR) is 71.7 cm³/mol. The number of halogens is 1. The van der Waals surface area contributed by atoms with Crippen molar-refractivity contribution >= 4 is 21.8 Å². The fourth-order valence-electron chi connectivity index (χ4n) is 2.34. The molecule has 94 valence electrons. The third-order valence-electron chi connectivity index (χ3n) is 4.72. The second-order valence-electron chi connectivity index (χ2n) is 6.70. The first-order valence-corrected chi connectivity index (χ1v) is 6.82. The standard InChI is InChI=1S/C13H24BrNO/c1-8(14)13(6,7)15-10(16)9-11(2,3)12(9,4)5/h8-9H,1-7H3,(H,15,16). The van der Waals surface area contributed by atoms with Gasteiger partial charge >= 0.3 is 0 Å². The topological polar surface area (TPSA) is 29.1 Å². The summed E-state index contributed by atoms with van der Waals surface area (Å²) in [5, 5.41) is 3.14. The molecule has 1 unspecified atom stereocenters. The smallest absolute Gasteiger partial charge is 0.224 e. The van der Waals surface area contributed by atoms with E-state index < -0.39 is 0 Å². The van der Waals surface area contributed by atoms with Gasteiger partial charge in [-0.2, -0.15) is 0 Å². The Bertz CT molecular complexity index is 291. The van der Waals surface area contributed by atoms with Crippen molar-refractivity contribution in [3.8, 4) is 0 Å². The first-order valence-electron chi connectivity index (χ1n) is 5.90. The van der Waals surface area contributed by atoms with Gasteiger partial charge in [0.1, 0.15) is 0 Å². The Morgan fingerprint density at radius 2 is 1.62 bits per heavy atom. The highest BCUT2D eigenvalue weighted by molar-refractivity contribution is 9.09. The molecule has 3 heteroatoms. The molecule has 0 aromatic heterocycles. The van der Waals surface area contributed by atoms with Crippen molar-refractivity contribution in [1.29, 1.82) is 0 Å². The Balaban J connectivity index is 2.71. The lowest BCUT2D eigenvalue weighted by atomic mass is 10.0. The summed E-state index contributed by atoms with van der Waals surface area (Å²) in [6, 6.07) is 0. The summed E-state index contributed by atoms with van der Waals surface area (Å²) in [5.41, 5.74) is 0.0251. The molecule has 0 aromatic carbocycles. The van der Waals surface area contributed by atoms with E-state index >= 15 is 0 Å². The fourth-order valence-corrected chi connectivity index (χ4v) is 2.46. The SMILES string of the molecule is CC(Br)C(C)(C)NC(=O)C1C(C)(C)C1(C)C. The van der Waals surface area contributed by atoms with Crippen LogP contribution in [0.15, 0.2) is 0 Å². The number of rotatable bonds is 3. The molecule has 0 heterocycles. The van der Waals surface area contributed by atoms with E-state index in [4.69, 9.17) is 0 Å². The van der Waals surface area contributed by atoms with Gasteiger partial charge in [0, 0.05) is 16.3 Å². The molecule has 1 saturated carbocycles. The summed E-state index contributed by atoms with van der Waals surface area (Å²) in [4.78, 5) is 12.5. The highest BCUT2D eigenvalue weighted by Crippen LogP contribution is 2.68. The molecule has 16 heavy (non-hydrogen) atoms. The van der Waals surface area contributed by atoms with Gasteiger partial charge in [-0.25, -0.2) is 0 Å². The number of alkyl halides is 1. The van der Waals surface area contributed by atoms with Gasteiger partial charge in [-0.3, -0.25) is 4.79 Å². The minimum atomic E-state index is -0.203. The van der Waals surface area contributed by atoms with Gasteiger partial charge < -0.3 is 5.32 Å². The molecule has 0 bridgehead atoms. The molecule has 1 aliphatic rings. The number of hydrogen-bond donors (Lipinski definition) is 1. The maximum atomic E-state index is 12.2. The second-order valence-corrected chi connectivity index (χ2v) is 8.08. The molecule has 0 saturated heterocycles. The first kappa shape index (κ1) is 14.0. The number of carbonyl (C=O) groups is 1. The summed E-state index contributed by atoms with van der Waals surface area (Å²) < 4.78 is 0. The molecule has 0 spiro atoms. The largest absolute Gasteiger partial charge is 0.350 e. The van der Waals surface area contributed by atoms with Crippen molar-refractivity contribution < 1.29 is 4.79 Å². The molecular weight excluding hydrogens is 266 g/mol. The lowest BCUT2D eigenvalue weighted by Gasteiger charge is -2.29. The van der Waals surface area contributed by atoms with Crippen LogP contribution in [0.25, 0.3) is 0 Å². The number of nitrogens with one attached hydrogen (secondary N) is 1. The molecule has 1 atom stereocenters. The van der Waals surface area contributed by atoms with Crippen LogP contribution in [0, 0.1) is 16.7 Å². The maximum absolute atomic E-state index is 12.2. The summed E-state index contributed by atoms with van der Waals surface area (Å²) >= 11 is 3.54. The lowest BCUT2D eigenvalue weighted by Crippen LogP contribution is -2.50. The minimum absolute atomic E-state index is 0.114. The van der Waals surface area contributed by atoms with Gasteiger partial charge in [0.25, 0.3) is 0 Å². The molecule has 1 amide bonds. The van der Waals surface area contributed by atoms with Crippen molar-refractivity contribution in [2.45, 2.75) is 58.8 Å². The Morgan fingerprint density at radius 1 is 1.25 bits per heavy atom. The molecule has 0 radical (unpaired) electrons. The van der Waals surface area contributed by atoms with Crippen LogP contribution in [0.4, 0.5) is 0 Å². The van der Waals surface area contributed by atoms with Gasteiger partial charge in [-0.15, -0.1) is 0 Å². The van der Waals surface area contributed by atoms with Crippen LogP contribution in [-0.2, 0) is 4.79 Å². The van der Waals surface area contributed by atoms with Gasteiger partial charge in [0.15, 0.2) is 0 Å². The van der Waals surface area contributed by atoms with E-state index in [2.05, 4.69) is 55.9 Å². The van der Waals surface area contributed by atoms with E-state index in [0.29, 0.717) is 0 Å². The van der Waals surface area contributed by atoms with Crippen LogP contribution in [0.2, 0.25) is 0 Å². The van der Waals surface area contributed by atoms with Gasteiger partial charge in [-0.1, -0.05) is 50.5 Å². The van der Waals surface area contributed by atoms with Crippen molar-refractivity contribution in [1.82, 2.24) is 5.32 Å². The van der Waals surface area contributed by atoms with Crippen LogP contribution in [0.5, 0.6) is 0 Å². The Kier molecular flexibility index (Phi) is 3.26. The van der Waals surface area contributed by atoms with Crippen molar-refractivity contribution in [2.75, 3.05) is 0 Å². The van der Waals surface area contributed by atoms with Gasteiger partial charge in [-0.05, 0) is 24.7 Å². The zero-order chi connectivity index (χ0) is 12.9. The van der Waals surface area contributed by atoms with Crippen LogP contribution in [-0.4, -0.2) is 16.3 Å². The van der Waals surface area contributed by atoms with E-state index in [1.54, 1.807) is 0 Å². The summed E-state index contributed by atoms with van der Waals surface area (Å²) in [7, 11) is 0. The first-order chi connectivity index (χ1) is 6.94. The van der Waals surface area contributed by atoms with Crippen LogP contribution in [0.3, 0.4) is 0 Å². The quantitative estimate of drug-likeness (QED) is 0.794. The molecule has 1 fully saturated rings. The van der Waals surface area contributed by atoms with Crippen LogP contribution >= 0.6 is 15.9 Å². The molecule has 1 aliphatic carbocycles. The summed E-state index contributed by atoms with van der Waals surface area (Å²) in [6.07, 6.45) is 0. The highest BCUT2D eigenvalue weighted by atomic mass is 79.9. The third-order valence-corrected chi connectivity index (χ3v) is 5.87. The average Bonchev–Trinajstić information content (AvgIpc) is 2.40. The Morgan fingerprint density at radius 3 is 1.88 bits per heavy atom. The molecular formula is C13H24BrNO. The summed E-state index contributed by atoms with van der Waals surface area (Å²) in [6.45, 7) is 14.8. The molecule has 1 rings (SSSR count). The Labute approximate surface area is 108 Å². The molecule has 2 nitrogen and oxygen atoms in total. The van der Waals surface area contributed by atoms with Crippen LogP contribution < -0.4 is 5.32 Å². The van der Waals surface area contributed by atoms with Crippen molar-refractivity contribution in [3.05, 3.63) is 0 Å². The molecule has 1 N–H and O–H groups in total. The van der Waals surface area contributed by atoms with Gasteiger partial charge in [0.2, 0.25) is 5.91 Å². The van der Waals surface area contributed by atoms with E-state index in [1.165, 1.54) is 0 Å². The zero-order valence-corrected chi connectivity index (χ0v) is 13.0. The number of amides is 1. The normalized spacial score (nSPS) is 25.0. The highest BCUT2D eigenvalue weighted by Gasteiger charge is 2.68. The Hall–Kier alpha value is -0.0500. The van der Waals surface area contributed by atoms with E-state index in [1.807, 2.05) is 13.8 Å². The van der Waals surface area contributed by atoms with Crippen LogP contribution in [0.1, 0.15) is 48.5 Å². The second kappa shape index (κ2) is 3.72. The summed E-state index contributed by atoms with van der Waals surface area (Å²) in [5.74, 6) is 0.317. The number of hydrogen-bond acceptors (Lipinski definition) is 1. The molecule has 0 aromatic rings. The van der Waals surface area contributed by atoms with Gasteiger partial charge in [0.05, 0.1) is 0 Å². The lowest BCUT2D eigenvalue weighted by molar-refractivity contribution is -0.125.